The van der Waals surface area contributed by atoms with Crippen molar-refractivity contribution in [2.24, 2.45) is 0 Å². The van der Waals surface area contributed by atoms with Crippen molar-refractivity contribution in [1.29, 1.82) is 0 Å². The molecule has 0 unspecified atom stereocenters. The predicted octanol–water partition coefficient (Wildman–Crippen LogP) is 4.76. The fraction of sp³-hybridized carbons (Fsp3) is 0.182. The minimum Gasteiger partial charge on any atom is -0.483 e. The third kappa shape index (κ3) is 4.89. The number of benzene rings is 3. The Bertz CT molecular complexity index is 987. The second-order valence-electron chi connectivity index (χ2n) is 6.27. The van der Waals surface area contributed by atoms with Gasteiger partial charge in [-0.2, -0.15) is 0 Å². The molecule has 0 fully saturated rings. The average Bonchev–Trinajstić information content (AvgIpc) is 2.72. The first-order valence-electron chi connectivity index (χ1n) is 9.06. The monoisotopic (exact) mass is 440 g/mol. The molecule has 2 N–H and O–H groups in total. The fourth-order valence-electron chi connectivity index (χ4n) is 2.71. The van der Waals surface area contributed by atoms with Crippen LogP contribution >= 0.6 is 15.9 Å². The maximum Gasteiger partial charge on any atom is 0.262 e. The zero-order valence-electron chi connectivity index (χ0n) is 15.5. The number of fused-ring (bicyclic) bond motifs is 1. The van der Waals surface area contributed by atoms with Crippen molar-refractivity contribution in [1.82, 2.24) is 5.32 Å². The van der Waals surface area contributed by atoms with E-state index >= 15 is 0 Å². The van der Waals surface area contributed by atoms with E-state index < -0.39 is 0 Å². The van der Waals surface area contributed by atoms with Gasteiger partial charge in [0.2, 0.25) is 0 Å². The van der Waals surface area contributed by atoms with Gasteiger partial charge >= 0.3 is 0 Å². The molecule has 3 aromatic rings. The van der Waals surface area contributed by atoms with Gasteiger partial charge in [0.1, 0.15) is 5.75 Å². The Kier molecular flexibility index (Phi) is 6.66. The molecule has 5 nitrogen and oxygen atoms in total. The minimum absolute atomic E-state index is 0.115. The summed E-state index contributed by atoms with van der Waals surface area (Å²) in [6, 6.07) is 18.5. The molecule has 0 saturated carbocycles. The first kappa shape index (κ1) is 19.9. The van der Waals surface area contributed by atoms with E-state index in [-0.39, 0.29) is 18.4 Å². The summed E-state index contributed by atoms with van der Waals surface area (Å²) >= 11 is 3.54. The highest BCUT2D eigenvalue weighted by Gasteiger charge is 2.10. The standard InChI is InChI=1S/C22H21BrN2O3/c1-2-13-24-22(27)16-7-10-17(11-8-16)25-20(26)14-28-19-12-9-15-5-3-4-6-18(15)21(19)23/h3-12H,2,13-14H2,1H3,(H,24,27)(H,25,26). The van der Waals surface area contributed by atoms with Crippen LogP contribution in [0.5, 0.6) is 5.75 Å². The predicted molar refractivity (Wildman–Crippen MR) is 115 cm³/mol. The highest BCUT2D eigenvalue weighted by molar-refractivity contribution is 9.10. The van der Waals surface area contributed by atoms with E-state index in [0.717, 1.165) is 21.7 Å². The summed E-state index contributed by atoms with van der Waals surface area (Å²) in [4.78, 5) is 24.1. The van der Waals surface area contributed by atoms with Gasteiger partial charge in [0.25, 0.3) is 11.8 Å². The molecule has 0 spiro atoms. The Hall–Kier alpha value is -2.86. The van der Waals surface area contributed by atoms with Crippen molar-refractivity contribution in [3.05, 3.63) is 70.7 Å². The summed E-state index contributed by atoms with van der Waals surface area (Å²) in [5.41, 5.74) is 1.17. The van der Waals surface area contributed by atoms with Gasteiger partial charge in [-0.25, -0.2) is 0 Å². The molecule has 0 radical (unpaired) electrons. The summed E-state index contributed by atoms with van der Waals surface area (Å²) in [5, 5.41) is 7.70. The normalized spacial score (nSPS) is 10.5. The van der Waals surface area contributed by atoms with Gasteiger partial charge in [-0.05, 0) is 63.5 Å². The van der Waals surface area contributed by atoms with Gasteiger partial charge in [-0.15, -0.1) is 0 Å². The van der Waals surface area contributed by atoms with Crippen molar-refractivity contribution in [3.63, 3.8) is 0 Å². The van der Waals surface area contributed by atoms with E-state index in [0.29, 0.717) is 23.5 Å². The van der Waals surface area contributed by atoms with E-state index in [1.54, 1.807) is 24.3 Å². The molecule has 0 heterocycles. The smallest absolute Gasteiger partial charge is 0.262 e. The first-order valence-corrected chi connectivity index (χ1v) is 9.86. The number of ether oxygens (including phenoxy) is 1. The van der Waals surface area contributed by atoms with Gasteiger partial charge < -0.3 is 15.4 Å². The van der Waals surface area contributed by atoms with Crippen molar-refractivity contribution in [3.8, 4) is 5.75 Å². The van der Waals surface area contributed by atoms with Crippen LogP contribution < -0.4 is 15.4 Å². The SMILES string of the molecule is CCCNC(=O)c1ccc(NC(=O)COc2ccc3ccccc3c2Br)cc1. The van der Waals surface area contributed by atoms with E-state index in [1.165, 1.54) is 0 Å². The topological polar surface area (TPSA) is 67.4 Å². The third-order valence-corrected chi connectivity index (χ3v) is 4.97. The highest BCUT2D eigenvalue weighted by Crippen LogP contribution is 2.33. The quantitative estimate of drug-likeness (QED) is 0.556. The van der Waals surface area contributed by atoms with E-state index in [9.17, 15) is 9.59 Å². The van der Waals surface area contributed by atoms with Gasteiger partial charge in [0.15, 0.2) is 6.61 Å². The van der Waals surface area contributed by atoms with Crippen LogP contribution in [0.15, 0.2) is 65.1 Å². The van der Waals surface area contributed by atoms with Crippen molar-refractivity contribution < 1.29 is 14.3 Å². The summed E-state index contributed by atoms with van der Waals surface area (Å²) in [7, 11) is 0. The number of anilines is 1. The summed E-state index contributed by atoms with van der Waals surface area (Å²) in [5.74, 6) is 0.212. The molecule has 3 rings (SSSR count). The lowest BCUT2D eigenvalue weighted by Crippen LogP contribution is -2.24. The minimum atomic E-state index is -0.275. The van der Waals surface area contributed by atoms with Crippen molar-refractivity contribution in [2.75, 3.05) is 18.5 Å². The number of rotatable bonds is 7. The summed E-state index contributed by atoms with van der Waals surface area (Å²) < 4.78 is 6.48. The highest BCUT2D eigenvalue weighted by atomic mass is 79.9. The van der Waals surface area contributed by atoms with Gasteiger partial charge in [-0.1, -0.05) is 37.3 Å². The van der Waals surface area contributed by atoms with Crippen LogP contribution in [0, 0.1) is 0 Å². The number of halogens is 1. The van der Waals surface area contributed by atoms with Gasteiger partial charge in [0, 0.05) is 17.8 Å². The number of hydrogen-bond acceptors (Lipinski definition) is 3. The van der Waals surface area contributed by atoms with Crippen LogP contribution in [0.3, 0.4) is 0 Å². The van der Waals surface area contributed by atoms with Crippen LogP contribution in [0.25, 0.3) is 10.8 Å². The molecule has 0 aliphatic carbocycles. The van der Waals surface area contributed by atoms with Crippen LogP contribution in [0.1, 0.15) is 23.7 Å². The average molecular weight is 441 g/mol. The second-order valence-corrected chi connectivity index (χ2v) is 7.06. The lowest BCUT2D eigenvalue weighted by atomic mass is 10.1. The van der Waals surface area contributed by atoms with Gasteiger partial charge in [0.05, 0.1) is 4.47 Å². The van der Waals surface area contributed by atoms with E-state index in [2.05, 4.69) is 26.6 Å². The number of carbonyl (C=O) groups excluding carboxylic acids is 2. The lowest BCUT2D eigenvalue weighted by Gasteiger charge is -2.11. The molecule has 6 heteroatoms. The maximum absolute atomic E-state index is 12.2. The molecule has 3 aromatic carbocycles. The molecule has 0 aliphatic heterocycles. The molecule has 0 aliphatic rings. The van der Waals surface area contributed by atoms with Crippen LogP contribution in [-0.2, 0) is 4.79 Å². The molecular weight excluding hydrogens is 420 g/mol. The fourth-order valence-corrected chi connectivity index (χ4v) is 3.32. The number of nitrogens with one attached hydrogen (secondary N) is 2. The molecule has 144 valence electrons. The van der Waals surface area contributed by atoms with Crippen molar-refractivity contribution in [2.45, 2.75) is 13.3 Å². The molecular formula is C22H21BrN2O3. The largest absolute Gasteiger partial charge is 0.483 e. The molecule has 2 amide bonds. The third-order valence-electron chi connectivity index (χ3n) is 4.15. The number of carbonyl (C=O) groups is 2. The van der Waals surface area contributed by atoms with Crippen LogP contribution in [-0.4, -0.2) is 25.0 Å². The Morgan fingerprint density at radius 2 is 1.75 bits per heavy atom. The Labute approximate surface area is 172 Å². The Balaban J connectivity index is 1.57. The molecule has 0 atom stereocenters. The Morgan fingerprint density at radius 3 is 2.50 bits per heavy atom. The Morgan fingerprint density at radius 1 is 1.00 bits per heavy atom. The first-order chi connectivity index (χ1) is 13.6. The summed E-state index contributed by atoms with van der Waals surface area (Å²) in [6.45, 7) is 2.52. The number of amides is 2. The lowest BCUT2D eigenvalue weighted by molar-refractivity contribution is -0.118. The van der Waals surface area contributed by atoms with E-state index in [4.69, 9.17) is 4.74 Å². The molecule has 0 saturated heterocycles. The van der Waals surface area contributed by atoms with Gasteiger partial charge in [-0.3, -0.25) is 9.59 Å². The summed E-state index contributed by atoms with van der Waals surface area (Å²) in [6.07, 6.45) is 0.882. The van der Waals surface area contributed by atoms with Crippen LogP contribution in [0.4, 0.5) is 5.69 Å². The number of hydrogen-bond donors (Lipinski definition) is 2. The molecule has 0 aromatic heterocycles. The van der Waals surface area contributed by atoms with Crippen LogP contribution in [0.2, 0.25) is 0 Å². The molecule has 0 bridgehead atoms. The second kappa shape index (κ2) is 9.37. The van der Waals surface area contributed by atoms with Crippen molar-refractivity contribution >= 4 is 44.2 Å². The maximum atomic E-state index is 12.2. The zero-order valence-corrected chi connectivity index (χ0v) is 17.1. The molecule has 28 heavy (non-hydrogen) atoms. The van der Waals surface area contributed by atoms with E-state index in [1.807, 2.05) is 43.3 Å². The zero-order chi connectivity index (χ0) is 19.9.